The summed E-state index contributed by atoms with van der Waals surface area (Å²) >= 11 is 0. The maximum Gasteiger partial charge on any atom is 0.258 e. The van der Waals surface area contributed by atoms with Crippen molar-refractivity contribution in [2.75, 3.05) is 0 Å². The molecule has 0 spiro atoms. The number of nitrogens with zero attached hydrogens (tertiary/aromatic N) is 2. The second-order valence-corrected chi connectivity index (χ2v) is 8.09. The Balaban J connectivity index is 2.21. The molecular formula is C23H45N2+. The van der Waals surface area contributed by atoms with Gasteiger partial charge in [0.1, 0.15) is 12.4 Å². The lowest BCUT2D eigenvalue weighted by Gasteiger charge is -2.08. The van der Waals surface area contributed by atoms with E-state index >= 15 is 0 Å². The maximum absolute atomic E-state index is 2.52. The molecule has 1 rings (SSSR count). The minimum atomic E-state index is 0.611. The smallest absolute Gasteiger partial charge is 0.234 e. The third kappa shape index (κ3) is 9.47. The molecule has 2 nitrogen and oxygen atoms in total. The molecular weight excluding hydrogens is 304 g/mol. The molecule has 0 aliphatic rings. The third-order valence-corrected chi connectivity index (χ3v) is 5.29. The van der Waals surface area contributed by atoms with E-state index in [0.29, 0.717) is 5.92 Å². The van der Waals surface area contributed by atoms with Crippen LogP contribution in [0.25, 0.3) is 0 Å². The summed E-state index contributed by atoms with van der Waals surface area (Å²) in [5.41, 5.74) is 0. The molecule has 1 heterocycles. The van der Waals surface area contributed by atoms with Gasteiger partial charge in [0.15, 0.2) is 0 Å². The van der Waals surface area contributed by atoms with Crippen LogP contribution in [0.5, 0.6) is 0 Å². The van der Waals surface area contributed by atoms with E-state index in [1.165, 1.54) is 102 Å². The standard InChI is InChI=1S/C23H45N2/c1-5-7-9-10-11-12-13-14-15-17-19-25-21-20-24(18-16-8-6-2)23(25)22(3)4/h20-22H,5-19H2,1-4H3/q+1. The van der Waals surface area contributed by atoms with Crippen molar-refractivity contribution in [1.82, 2.24) is 4.57 Å². The summed E-state index contributed by atoms with van der Waals surface area (Å²) in [4.78, 5) is 0. The number of imidazole rings is 1. The fourth-order valence-electron chi connectivity index (χ4n) is 3.82. The Labute approximate surface area is 158 Å². The average molecular weight is 350 g/mol. The fourth-order valence-corrected chi connectivity index (χ4v) is 3.82. The monoisotopic (exact) mass is 349 g/mol. The average Bonchev–Trinajstić information content (AvgIpc) is 3.00. The molecule has 1 aromatic heterocycles. The van der Waals surface area contributed by atoms with Gasteiger partial charge in [-0.25, -0.2) is 9.13 Å². The van der Waals surface area contributed by atoms with Crippen molar-refractivity contribution >= 4 is 0 Å². The van der Waals surface area contributed by atoms with Gasteiger partial charge in [-0.15, -0.1) is 0 Å². The van der Waals surface area contributed by atoms with E-state index in [0.717, 1.165) is 0 Å². The van der Waals surface area contributed by atoms with Gasteiger partial charge in [0.2, 0.25) is 0 Å². The normalized spacial score (nSPS) is 11.6. The summed E-state index contributed by atoms with van der Waals surface area (Å²) in [6.45, 7) is 11.6. The molecule has 1 aromatic rings. The Hall–Kier alpha value is -0.790. The molecule has 0 saturated heterocycles. The van der Waals surface area contributed by atoms with E-state index in [-0.39, 0.29) is 0 Å². The molecule has 0 aliphatic heterocycles. The number of unbranched alkanes of at least 4 members (excludes halogenated alkanes) is 11. The van der Waals surface area contributed by atoms with Gasteiger partial charge in [-0.1, -0.05) is 85.5 Å². The lowest BCUT2D eigenvalue weighted by Crippen LogP contribution is -2.38. The number of rotatable bonds is 16. The molecule has 146 valence electrons. The molecule has 0 N–H and O–H groups in total. The van der Waals surface area contributed by atoms with Crippen LogP contribution in [-0.4, -0.2) is 4.57 Å². The van der Waals surface area contributed by atoms with Gasteiger partial charge >= 0.3 is 0 Å². The summed E-state index contributed by atoms with van der Waals surface area (Å²) in [5, 5.41) is 0. The molecule has 0 amide bonds. The zero-order valence-electron chi connectivity index (χ0n) is 17.7. The van der Waals surface area contributed by atoms with Crippen LogP contribution in [0.3, 0.4) is 0 Å². The zero-order chi connectivity index (χ0) is 18.3. The molecule has 0 radical (unpaired) electrons. The van der Waals surface area contributed by atoms with E-state index in [1.807, 2.05) is 0 Å². The SMILES string of the molecule is CCCCCCCCCCCC[n+]1ccn(CCCCC)c1C(C)C. The topological polar surface area (TPSA) is 8.81 Å². The van der Waals surface area contributed by atoms with E-state index in [9.17, 15) is 0 Å². The number of hydrogen-bond acceptors (Lipinski definition) is 0. The molecule has 0 saturated carbocycles. The van der Waals surface area contributed by atoms with Gasteiger partial charge in [-0.2, -0.15) is 0 Å². The highest BCUT2D eigenvalue weighted by molar-refractivity contribution is 4.89. The molecule has 0 fully saturated rings. The van der Waals surface area contributed by atoms with Crippen molar-refractivity contribution in [1.29, 1.82) is 0 Å². The lowest BCUT2D eigenvalue weighted by molar-refractivity contribution is -0.705. The van der Waals surface area contributed by atoms with Crippen LogP contribution in [0.4, 0.5) is 0 Å². The second-order valence-electron chi connectivity index (χ2n) is 8.09. The van der Waals surface area contributed by atoms with Crippen molar-refractivity contribution in [2.24, 2.45) is 0 Å². The van der Waals surface area contributed by atoms with Crippen LogP contribution >= 0.6 is 0 Å². The van der Waals surface area contributed by atoms with E-state index in [4.69, 9.17) is 0 Å². The quantitative estimate of drug-likeness (QED) is 0.224. The predicted molar refractivity (Wildman–Crippen MR) is 110 cm³/mol. The summed E-state index contributed by atoms with van der Waals surface area (Å²) in [6.07, 6.45) is 22.7. The molecule has 0 aliphatic carbocycles. The predicted octanol–water partition coefficient (Wildman–Crippen LogP) is 7.01. The van der Waals surface area contributed by atoms with Crippen LogP contribution in [0.15, 0.2) is 12.4 Å². The first-order valence-electron chi connectivity index (χ1n) is 11.3. The molecule has 0 atom stereocenters. The van der Waals surface area contributed by atoms with Gasteiger partial charge in [-0.3, -0.25) is 0 Å². The van der Waals surface area contributed by atoms with Crippen molar-refractivity contribution < 1.29 is 4.57 Å². The number of hydrogen-bond donors (Lipinski definition) is 0. The third-order valence-electron chi connectivity index (χ3n) is 5.29. The van der Waals surface area contributed by atoms with Crippen LogP contribution in [0, 0.1) is 0 Å². The van der Waals surface area contributed by atoms with Gasteiger partial charge in [0, 0.05) is 0 Å². The zero-order valence-corrected chi connectivity index (χ0v) is 17.7. The van der Waals surface area contributed by atoms with Crippen LogP contribution in [0.1, 0.15) is 123 Å². The Morgan fingerprint density at radius 1 is 0.760 bits per heavy atom. The van der Waals surface area contributed by atoms with E-state index in [2.05, 4.69) is 49.2 Å². The first kappa shape index (κ1) is 22.3. The van der Waals surface area contributed by atoms with Crippen molar-refractivity contribution in [2.45, 2.75) is 130 Å². The first-order chi connectivity index (χ1) is 12.2. The summed E-state index contributed by atoms with van der Waals surface area (Å²) < 4.78 is 5.01. The van der Waals surface area contributed by atoms with Crippen LogP contribution < -0.4 is 4.57 Å². The summed E-state index contributed by atoms with van der Waals surface area (Å²) in [5.74, 6) is 2.13. The van der Waals surface area contributed by atoms with Crippen molar-refractivity contribution in [3.8, 4) is 0 Å². The molecule has 2 heteroatoms. The molecule has 0 aromatic carbocycles. The minimum Gasteiger partial charge on any atom is -0.234 e. The van der Waals surface area contributed by atoms with E-state index in [1.54, 1.807) is 0 Å². The number of aryl methyl sites for hydroxylation is 2. The highest BCUT2D eigenvalue weighted by Crippen LogP contribution is 2.14. The van der Waals surface area contributed by atoms with Gasteiger partial charge < -0.3 is 0 Å². The van der Waals surface area contributed by atoms with Gasteiger partial charge in [-0.05, 0) is 25.7 Å². The second kappa shape index (κ2) is 14.4. The highest BCUT2D eigenvalue weighted by atomic mass is 15.1. The Morgan fingerprint density at radius 2 is 1.28 bits per heavy atom. The molecule has 25 heavy (non-hydrogen) atoms. The van der Waals surface area contributed by atoms with Crippen LogP contribution in [-0.2, 0) is 13.1 Å². The van der Waals surface area contributed by atoms with Crippen molar-refractivity contribution in [3.05, 3.63) is 18.2 Å². The van der Waals surface area contributed by atoms with Crippen LogP contribution in [0.2, 0.25) is 0 Å². The summed E-state index contributed by atoms with van der Waals surface area (Å²) in [7, 11) is 0. The first-order valence-corrected chi connectivity index (χ1v) is 11.3. The largest absolute Gasteiger partial charge is 0.258 e. The van der Waals surface area contributed by atoms with Gasteiger partial charge in [0.25, 0.3) is 5.82 Å². The van der Waals surface area contributed by atoms with Gasteiger partial charge in [0.05, 0.1) is 19.0 Å². The molecule has 0 unspecified atom stereocenters. The Morgan fingerprint density at radius 3 is 1.84 bits per heavy atom. The Bertz CT molecular complexity index is 420. The number of aromatic nitrogens is 2. The highest BCUT2D eigenvalue weighted by Gasteiger charge is 2.19. The van der Waals surface area contributed by atoms with Crippen molar-refractivity contribution in [3.63, 3.8) is 0 Å². The fraction of sp³-hybridized carbons (Fsp3) is 0.870. The Kier molecular flexibility index (Phi) is 12.8. The maximum atomic E-state index is 2.52. The summed E-state index contributed by atoms with van der Waals surface area (Å²) in [6, 6.07) is 0. The minimum absolute atomic E-state index is 0.611. The molecule has 0 bridgehead atoms. The van der Waals surface area contributed by atoms with E-state index < -0.39 is 0 Å². The lowest BCUT2D eigenvalue weighted by atomic mass is 10.1.